The highest BCUT2D eigenvalue weighted by molar-refractivity contribution is 9.09. The number of nitrogens with zero attached hydrogens (tertiary/aromatic N) is 1. The van der Waals surface area contributed by atoms with Crippen LogP contribution in [0.15, 0.2) is 24.3 Å². The molecule has 0 radical (unpaired) electrons. The standard InChI is InChI=1S/C16H20BrNO3/c17-11-16(5-8-20-9-6-16)12-18-7-10-21-14-4-2-1-3-13(14)15(18)19/h1-4H,5-12H2. The summed E-state index contributed by atoms with van der Waals surface area (Å²) in [6, 6.07) is 7.50. The molecule has 3 rings (SSSR count). The van der Waals surface area contributed by atoms with Crippen molar-refractivity contribution in [1.82, 2.24) is 4.90 Å². The molecule has 4 nitrogen and oxygen atoms in total. The molecule has 0 aromatic heterocycles. The van der Waals surface area contributed by atoms with Crippen molar-refractivity contribution in [2.45, 2.75) is 12.8 Å². The molecule has 2 aliphatic rings. The quantitative estimate of drug-likeness (QED) is 0.784. The van der Waals surface area contributed by atoms with Gasteiger partial charge in [-0.15, -0.1) is 0 Å². The van der Waals surface area contributed by atoms with Crippen molar-refractivity contribution in [3.8, 4) is 5.75 Å². The van der Waals surface area contributed by atoms with Crippen molar-refractivity contribution < 1.29 is 14.3 Å². The lowest BCUT2D eigenvalue weighted by Gasteiger charge is -2.39. The molecule has 2 heterocycles. The minimum atomic E-state index is 0.0786. The van der Waals surface area contributed by atoms with Crippen LogP contribution in [0.5, 0.6) is 5.75 Å². The highest BCUT2D eigenvalue weighted by Gasteiger charge is 2.36. The molecule has 0 spiro atoms. The molecule has 5 heteroatoms. The first-order chi connectivity index (χ1) is 10.2. The Labute approximate surface area is 133 Å². The van der Waals surface area contributed by atoms with Gasteiger partial charge in [0.15, 0.2) is 0 Å². The zero-order chi connectivity index (χ0) is 14.7. The molecular formula is C16H20BrNO3. The maximum atomic E-state index is 12.8. The number of hydrogen-bond acceptors (Lipinski definition) is 3. The second-order valence-electron chi connectivity index (χ2n) is 5.82. The lowest BCUT2D eigenvalue weighted by atomic mass is 9.81. The van der Waals surface area contributed by atoms with E-state index < -0.39 is 0 Å². The molecular weight excluding hydrogens is 334 g/mol. The summed E-state index contributed by atoms with van der Waals surface area (Å²) in [5.74, 6) is 0.778. The van der Waals surface area contributed by atoms with E-state index in [9.17, 15) is 4.79 Å². The van der Waals surface area contributed by atoms with Gasteiger partial charge in [-0.3, -0.25) is 4.79 Å². The van der Waals surface area contributed by atoms with E-state index in [0.717, 1.165) is 37.9 Å². The van der Waals surface area contributed by atoms with Crippen LogP contribution in [0, 0.1) is 5.41 Å². The molecule has 114 valence electrons. The van der Waals surface area contributed by atoms with E-state index in [0.29, 0.717) is 24.5 Å². The molecule has 0 bridgehead atoms. The number of hydrogen-bond donors (Lipinski definition) is 0. The smallest absolute Gasteiger partial charge is 0.257 e. The predicted molar refractivity (Wildman–Crippen MR) is 84.1 cm³/mol. The molecule has 0 unspecified atom stereocenters. The number of fused-ring (bicyclic) bond motifs is 1. The average molecular weight is 354 g/mol. The first kappa shape index (κ1) is 14.9. The zero-order valence-electron chi connectivity index (χ0n) is 12.0. The minimum Gasteiger partial charge on any atom is -0.491 e. The van der Waals surface area contributed by atoms with Gasteiger partial charge in [-0.2, -0.15) is 0 Å². The summed E-state index contributed by atoms with van der Waals surface area (Å²) in [4.78, 5) is 14.7. The Morgan fingerprint density at radius 1 is 1.19 bits per heavy atom. The fraction of sp³-hybridized carbons (Fsp3) is 0.562. The van der Waals surface area contributed by atoms with Gasteiger partial charge in [-0.05, 0) is 25.0 Å². The monoisotopic (exact) mass is 353 g/mol. The maximum absolute atomic E-state index is 12.8. The molecule has 0 atom stereocenters. The van der Waals surface area contributed by atoms with Crippen LogP contribution in [0.1, 0.15) is 23.2 Å². The Morgan fingerprint density at radius 3 is 2.71 bits per heavy atom. The van der Waals surface area contributed by atoms with Crippen molar-refractivity contribution in [1.29, 1.82) is 0 Å². The lowest BCUT2D eigenvalue weighted by molar-refractivity contribution is 0.00803. The number of para-hydroxylation sites is 1. The number of rotatable bonds is 3. The molecule has 0 saturated carbocycles. The van der Waals surface area contributed by atoms with Gasteiger partial charge in [-0.1, -0.05) is 28.1 Å². The number of carbonyl (C=O) groups excluding carboxylic acids is 1. The number of halogens is 1. The molecule has 1 fully saturated rings. The van der Waals surface area contributed by atoms with Crippen molar-refractivity contribution in [2.24, 2.45) is 5.41 Å². The van der Waals surface area contributed by atoms with Crippen molar-refractivity contribution in [3.05, 3.63) is 29.8 Å². The van der Waals surface area contributed by atoms with Crippen molar-refractivity contribution in [2.75, 3.05) is 38.2 Å². The Hall–Kier alpha value is -1.07. The summed E-state index contributed by atoms with van der Waals surface area (Å²) in [5, 5.41) is 0.898. The molecule has 2 aliphatic heterocycles. The molecule has 1 saturated heterocycles. The van der Waals surface area contributed by atoms with Gasteiger partial charge in [0, 0.05) is 30.5 Å². The third-order valence-corrected chi connectivity index (χ3v) is 5.58. The van der Waals surface area contributed by atoms with Crippen LogP contribution >= 0.6 is 15.9 Å². The first-order valence-electron chi connectivity index (χ1n) is 7.39. The third kappa shape index (κ3) is 3.09. The van der Waals surface area contributed by atoms with Gasteiger partial charge in [0.2, 0.25) is 0 Å². The zero-order valence-corrected chi connectivity index (χ0v) is 13.6. The number of alkyl halides is 1. The van der Waals surface area contributed by atoms with Crippen LogP contribution in [-0.2, 0) is 4.74 Å². The number of benzene rings is 1. The van der Waals surface area contributed by atoms with E-state index in [1.165, 1.54) is 0 Å². The third-order valence-electron chi connectivity index (χ3n) is 4.39. The van der Waals surface area contributed by atoms with E-state index >= 15 is 0 Å². The summed E-state index contributed by atoms with van der Waals surface area (Å²) >= 11 is 3.64. The lowest BCUT2D eigenvalue weighted by Crippen LogP contribution is -2.45. The van der Waals surface area contributed by atoms with Crippen molar-refractivity contribution >= 4 is 21.8 Å². The summed E-state index contributed by atoms with van der Waals surface area (Å²) < 4.78 is 11.2. The highest BCUT2D eigenvalue weighted by atomic mass is 79.9. The molecule has 0 aliphatic carbocycles. The Kier molecular flexibility index (Phi) is 4.50. The summed E-state index contributed by atoms with van der Waals surface area (Å²) in [6.07, 6.45) is 1.98. The van der Waals surface area contributed by atoms with Crippen LogP contribution < -0.4 is 4.74 Å². The number of amides is 1. The van der Waals surface area contributed by atoms with Crippen LogP contribution in [-0.4, -0.2) is 49.0 Å². The van der Waals surface area contributed by atoms with Gasteiger partial charge in [0.1, 0.15) is 12.4 Å². The largest absolute Gasteiger partial charge is 0.491 e. The topological polar surface area (TPSA) is 38.8 Å². The summed E-state index contributed by atoms with van der Waals surface area (Å²) in [7, 11) is 0. The Bertz CT molecular complexity index is 514. The molecule has 1 aromatic carbocycles. The van der Waals surface area contributed by atoms with Crippen LogP contribution in [0.3, 0.4) is 0 Å². The molecule has 1 aromatic rings. The highest BCUT2D eigenvalue weighted by Crippen LogP contribution is 2.34. The Balaban J connectivity index is 1.80. The second kappa shape index (κ2) is 6.36. The van der Waals surface area contributed by atoms with E-state index in [1.54, 1.807) is 0 Å². The number of carbonyl (C=O) groups is 1. The van der Waals surface area contributed by atoms with E-state index in [-0.39, 0.29) is 11.3 Å². The summed E-state index contributed by atoms with van der Waals surface area (Å²) in [6.45, 7) is 3.51. The van der Waals surface area contributed by atoms with E-state index in [2.05, 4.69) is 15.9 Å². The van der Waals surface area contributed by atoms with Crippen molar-refractivity contribution in [3.63, 3.8) is 0 Å². The molecule has 1 amide bonds. The van der Waals surface area contributed by atoms with Gasteiger partial charge in [0.05, 0.1) is 12.1 Å². The van der Waals surface area contributed by atoms with Gasteiger partial charge in [-0.25, -0.2) is 0 Å². The summed E-state index contributed by atoms with van der Waals surface area (Å²) in [5.41, 5.74) is 0.791. The van der Waals surface area contributed by atoms with Gasteiger partial charge in [0.25, 0.3) is 5.91 Å². The first-order valence-corrected chi connectivity index (χ1v) is 8.51. The van der Waals surface area contributed by atoms with E-state index in [4.69, 9.17) is 9.47 Å². The number of ether oxygens (including phenoxy) is 2. The maximum Gasteiger partial charge on any atom is 0.257 e. The predicted octanol–water partition coefficient (Wildman–Crippen LogP) is 2.71. The molecule has 0 N–H and O–H groups in total. The normalized spacial score (nSPS) is 21.4. The average Bonchev–Trinajstić information content (AvgIpc) is 2.69. The van der Waals surface area contributed by atoms with Crippen LogP contribution in [0.4, 0.5) is 0 Å². The molecule has 21 heavy (non-hydrogen) atoms. The van der Waals surface area contributed by atoms with Gasteiger partial charge < -0.3 is 14.4 Å². The SMILES string of the molecule is O=C1c2ccccc2OCCN1CC1(CBr)CCOCC1. The second-order valence-corrected chi connectivity index (χ2v) is 6.38. The fourth-order valence-electron chi connectivity index (χ4n) is 3.00. The van der Waals surface area contributed by atoms with Gasteiger partial charge >= 0.3 is 0 Å². The minimum absolute atomic E-state index is 0.0786. The van der Waals surface area contributed by atoms with Crippen LogP contribution in [0.2, 0.25) is 0 Å². The van der Waals surface area contributed by atoms with Crippen LogP contribution in [0.25, 0.3) is 0 Å². The fourth-order valence-corrected chi connectivity index (χ4v) is 3.74. The van der Waals surface area contributed by atoms with E-state index in [1.807, 2.05) is 29.2 Å². The Morgan fingerprint density at radius 2 is 1.95 bits per heavy atom.